The molecule has 1 N–H and O–H groups in total. The van der Waals surface area contributed by atoms with E-state index in [-0.39, 0.29) is 23.3 Å². The van der Waals surface area contributed by atoms with Gasteiger partial charge in [0.1, 0.15) is 18.3 Å². The molecule has 3 aromatic rings. The van der Waals surface area contributed by atoms with Crippen LogP contribution in [0, 0.1) is 12.8 Å². The van der Waals surface area contributed by atoms with Gasteiger partial charge in [-0.1, -0.05) is 68.8 Å². The maximum atomic E-state index is 14.1. The van der Waals surface area contributed by atoms with Crippen molar-refractivity contribution in [2.45, 2.75) is 51.6 Å². The van der Waals surface area contributed by atoms with Crippen LogP contribution in [0.15, 0.2) is 83.8 Å². The summed E-state index contributed by atoms with van der Waals surface area (Å²) in [7, 11) is -2.51. The fourth-order valence-corrected chi connectivity index (χ4v) is 5.66. The van der Waals surface area contributed by atoms with Gasteiger partial charge in [-0.15, -0.1) is 0 Å². The second-order valence-electron chi connectivity index (χ2n) is 10.1. The van der Waals surface area contributed by atoms with Crippen LogP contribution in [0.3, 0.4) is 0 Å². The molecule has 214 valence electrons. The Morgan fingerprint density at radius 2 is 1.55 bits per heavy atom. The zero-order valence-corrected chi connectivity index (χ0v) is 24.6. The zero-order chi connectivity index (χ0) is 29.3. The van der Waals surface area contributed by atoms with Crippen molar-refractivity contribution >= 4 is 27.5 Å². The summed E-state index contributed by atoms with van der Waals surface area (Å²) in [4.78, 5) is 28.9. The van der Waals surface area contributed by atoms with Gasteiger partial charge in [0.25, 0.3) is 10.0 Å². The highest BCUT2D eigenvalue weighted by Crippen LogP contribution is 2.25. The SMILES string of the molecule is CC[C@@H](C(=O)NCC(C)C)N(Cc1ccc(OC)cc1)C(=O)CN(c1ccc(C)cc1)S(=O)(=O)c1ccccc1. The molecule has 0 heterocycles. The molecular weight excluding hydrogens is 526 g/mol. The minimum absolute atomic E-state index is 0.0757. The summed E-state index contributed by atoms with van der Waals surface area (Å²) in [5.74, 6) is 0.149. The van der Waals surface area contributed by atoms with Crippen molar-refractivity contribution < 1.29 is 22.7 Å². The molecule has 8 nitrogen and oxygen atoms in total. The zero-order valence-electron chi connectivity index (χ0n) is 23.8. The molecule has 0 saturated carbocycles. The molecule has 0 aliphatic rings. The van der Waals surface area contributed by atoms with E-state index in [1.807, 2.05) is 39.8 Å². The first kappa shape index (κ1) is 30.7. The summed E-state index contributed by atoms with van der Waals surface area (Å²) in [5.41, 5.74) is 2.11. The first-order valence-electron chi connectivity index (χ1n) is 13.4. The Kier molecular flexibility index (Phi) is 10.7. The van der Waals surface area contributed by atoms with Gasteiger partial charge >= 0.3 is 0 Å². The Hall–Kier alpha value is -3.85. The van der Waals surface area contributed by atoms with Gasteiger partial charge in [0.05, 0.1) is 17.7 Å². The number of nitrogens with zero attached hydrogens (tertiary/aromatic N) is 2. The lowest BCUT2D eigenvalue weighted by Crippen LogP contribution is -2.52. The number of rotatable bonds is 13. The molecule has 0 fully saturated rings. The predicted molar refractivity (Wildman–Crippen MR) is 158 cm³/mol. The monoisotopic (exact) mass is 565 g/mol. The molecule has 0 aliphatic heterocycles. The summed E-state index contributed by atoms with van der Waals surface area (Å²) < 4.78 is 34.0. The van der Waals surface area contributed by atoms with Crippen LogP contribution < -0.4 is 14.4 Å². The van der Waals surface area contributed by atoms with E-state index < -0.39 is 28.5 Å². The maximum Gasteiger partial charge on any atom is 0.264 e. The highest BCUT2D eigenvalue weighted by molar-refractivity contribution is 7.92. The van der Waals surface area contributed by atoms with E-state index in [0.717, 1.165) is 15.4 Å². The first-order chi connectivity index (χ1) is 19.1. The number of carbonyl (C=O) groups is 2. The van der Waals surface area contributed by atoms with Gasteiger partial charge in [-0.3, -0.25) is 13.9 Å². The van der Waals surface area contributed by atoms with E-state index in [2.05, 4.69) is 5.32 Å². The van der Waals surface area contributed by atoms with Crippen molar-refractivity contribution in [1.82, 2.24) is 10.2 Å². The van der Waals surface area contributed by atoms with Crippen LogP contribution >= 0.6 is 0 Å². The van der Waals surface area contributed by atoms with Crippen molar-refractivity contribution in [3.8, 4) is 5.75 Å². The molecule has 3 aromatic carbocycles. The Bertz CT molecular complexity index is 1360. The Morgan fingerprint density at radius 1 is 0.925 bits per heavy atom. The second kappa shape index (κ2) is 14.0. The normalized spacial score (nSPS) is 12.1. The molecule has 0 aromatic heterocycles. The molecule has 0 aliphatic carbocycles. The minimum atomic E-state index is -4.08. The van der Waals surface area contributed by atoms with E-state index in [4.69, 9.17) is 4.74 Å². The molecule has 40 heavy (non-hydrogen) atoms. The van der Waals surface area contributed by atoms with Crippen LogP contribution in [0.25, 0.3) is 0 Å². The average molecular weight is 566 g/mol. The largest absolute Gasteiger partial charge is 0.497 e. The summed E-state index contributed by atoms with van der Waals surface area (Å²) in [6, 6.07) is 21.5. The van der Waals surface area contributed by atoms with E-state index >= 15 is 0 Å². The Morgan fingerprint density at radius 3 is 2.10 bits per heavy atom. The maximum absolute atomic E-state index is 14.1. The van der Waals surface area contributed by atoms with Gasteiger partial charge < -0.3 is 15.0 Å². The van der Waals surface area contributed by atoms with Crippen LogP contribution in [0.1, 0.15) is 38.3 Å². The second-order valence-corrected chi connectivity index (χ2v) is 12.0. The number of hydrogen-bond donors (Lipinski definition) is 1. The van der Waals surface area contributed by atoms with E-state index in [1.54, 1.807) is 61.7 Å². The van der Waals surface area contributed by atoms with E-state index in [0.29, 0.717) is 24.4 Å². The lowest BCUT2D eigenvalue weighted by molar-refractivity contribution is -0.140. The van der Waals surface area contributed by atoms with E-state index in [1.165, 1.54) is 17.0 Å². The van der Waals surface area contributed by atoms with Crippen LogP contribution in [-0.2, 0) is 26.2 Å². The van der Waals surface area contributed by atoms with Crippen molar-refractivity contribution in [2.75, 3.05) is 24.5 Å². The van der Waals surface area contributed by atoms with E-state index in [9.17, 15) is 18.0 Å². The average Bonchev–Trinajstić information content (AvgIpc) is 2.95. The summed E-state index contributed by atoms with van der Waals surface area (Å²) in [5, 5.41) is 2.94. The number of amides is 2. The lowest BCUT2D eigenvalue weighted by Gasteiger charge is -2.33. The van der Waals surface area contributed by atoms with Crippen LogP contribution in [0.4, 0.5) is 5.69 Å². The third kappa shape index (κ3) is 7.85. The van der Waals surface area contributed by atoms with Crippen LogP contribution in [-0.4, -0.2) is 51.4 Å². The van der Waals surface area contributed by atoms with Gasteiger partial charge in [0.15, 0.2) is 0 Å². The molecule has 1 atom stereocenters. The Labute approximate surface area is 238 Å². The van der Waals surface area contributed by atoms with Gasteiger partial charge in [-0.25, -0.2) is 8.42 Å². The molecule has 0 bridgehead atoms. The van der Waals surface area contributed by atoms with Gasteiger partial charge in [0.2, 0.25) is 11.8 Å². The molecule has 0 unspecified atom stereocenters. The minimum Gasteiger partial charge on any atom is -0.497 e. The number of anilines is 1. The highest BCUT2D eigenvalue weighted by atomic mass is 32.2. The standard InChI is InChI=1S/C31H39N3O5S/c1-6-29(31(36)32-20-23(2)3)33(21-25-14-18-27(39-5)19-15-25)30(35)22-34(26-16-12-24(4)13-17-26)40(37,38)28-10-8-7-9-11-28/h7-19,23,29H,6,20-22H2,1-5H3,(H,32,36)/t29-/m0/s1. The molecule has 0 saturated heterocycles. The van der Waals surface area contributed by atoms with Gasteiger partial charge in [-0.05, 0) is 61.2 Å². The Balaban J connectivity index is 2.02. The molecule has 0 radical (unpaired) electrons. The number of benzene rings is 3. The fraction of sp³-hybridized carbons (Fsp3) is 0.355. The number of sulfonamides is 1. The van der Waals surface area contributed by atoms with Crippen LogP contribution in [0.5, 0.6) is 5.75 Å². The number of aryl methyl sites for hydroxylation is 1. The number of hydrogen-bond acceptors (Lipinski definition) is 5. The molecule has 0 spiro atoms. The fourth-order valence-electron chi connectivity index (χ4n) is 4.23. The van der Waals surface area contributed by atoms with Crippen molar-refractivity contribution in [1.29, 1.82) is 0 Å². The predicted octanol–water partition coefficient (Wildman–Crippen LogP) is 4.78. The summed E-state index contributed by atoms with van der Waals surface area (Å²) in [6.45, 7) is 7.87. The molecule has 2 amide bonds. The third-order valence-corrected chi connectivity index (χ3v) is 8.30. The number of nitrogens with one attached hydrogen (secondary N) is 1. The van der Waals surface area contributed by atoms with Crippen molar-refractivity contribution in [3.63, 3.8) is 0 Å². The van der Waals surface area contributed by atoms with Crippen LogP contribution in [0.2, 0.25) is 0 Å². The number of carbonyl (C=O) groups excluding carboxylic acids is 2. The summed E-state index contributed by atoms with van der Waals surface area (Å²) in [6.07, 6.45) is 0.363. The van der Waals surface area contributed by atoms with Gasteiger partial charge in [-0.2, -0.15) is 0 Å². The van der Waals surface area contributed by atoms with Gasteiger partial charge in [0, 0.05) is 13.1 Å². The van der Waals surface area contributed by atoms with Crippen molar-refractivity contribution in [3.05, 3.63) is 90.0 Å². The lowest BCUT2D eigenvalue weighted by atomic mass is 10.1. The molecular formula is C31H39N3O5S. The number of ether oxygens (including phenoxy) is 1. The smallest absolute Gasteiger partial charge is 0.264 e. The summed E-state index contributed by atoms with van der Waals surface area (Å²) >= 11 is 0. The quantitative estimate of drug-likeness (QED) is 0.322. The highest BCUT2D eigenvalue weighted by Gasteiger charge is 2.33. The molecule has 9 heteroatoms. The molecule has 3 rings (SSSR count). The first-order valence-corrected chi connectivity index (χ1v) is 14.8. The number of methoxy groups -OCH3 is 1. The van der Waals surface area contributed by atoms with Crippen molar-refractivity contribution in [2.24, 2.45) is 5.92 Å². The third-order valence-electron chi connectivity index (χ3n) is 6.51. The topological polar surface area (TPSA) is 96.0 Å².